The number of hydrogen-bond donors (Lipinski definition) is 2. The van der Waals surface area contributed by atoms with E-state index in [1.807, 2.05) is 24.8 Å². The summed E-state index contributed by atoms with van der Waals surface area (Å²) in [5.74, 6) is -0.287. The lowest BCUT2D eigenvalue weighted by Gasteiger charge is -2.31. The number of nitrogens with zero attached hydrogens (tertiary/aromatic N) is 2. The highest BCUT2D eigenvalue weighted by atomic mass is 19.1. The summed E-state index contributed by atoms with van der Waals surface area (Å²) in [6.07, 6.45) is 1.05. The Kier molecular flexibility index (Phi) is 5.82. The van der Waals surface area contributed by atoms with E-state index in [0.29, 0.717) is 38.2 Å². The normalized spacial score (nSPS) is 15.8. The number of benzene rings is 1. The number of piperidine rings is 1. The predicted molar refractivity (Wildman–Crippen MR) is 89.0 cm³/mol. The fourth-order valence-corrected chi connectivity index (χ4v) is 2.56. The largest absolute Gasteiger partial charge is 0.393 e. The zero-order valence-electron chi connectivity index (χ0n) is 14.1. The van der Waals surface area contributed by atoms with Crippen molar-refractivity contribution in [2.45, 2.75) is 45.4 Å². The van der Waals surface area contributed by atoms with E-state index >= 15 is 0 Å². The molecule has 0 aliphatic carbocycles. The number of amides is 2. The monoisotopic (exact) mass is 323 g/mol. The number of hydrogen-bond acceptors (Lipinski definition) is 3. The minimum absolute atomic E-state index is 0.114. The van der Waals surface area contributed by atoms with Crippen LogP contribution in [0.5, 0.6) is 0 Å². The highest BCUT2D eigenvalue weighted by Crippen LogP contribution is 2.24. The molecular weight excluding hydrogens is 297 g/mol. The van der Waals surface area contributed by atoms with E-state index in [2.05, 4.69) is 5.32 Å². The molecule has 1 aromatic carbocycles. The number of carbonyl (C=O) groups is 1. The van der Waals surface area contributed by atoms with Gasteiger partial charge in [0, 0.05) is 32.7 Å². The van der Waals surface area contributed by atoms with Crippen molar-refractivity contribution in [3.05, 3.63) is 29.6 Å². The molecule has 5 nitrogen and oxygen atoms in total. The second-order valence-electron chi connectivity index (χ2n) is 6.37. The molecule has 0 unspecified atom stereocenters. The van der Waals surface area contributed by atoms with Crippen LogP contribution in [-0.2, 0) is 6.54 Å². The molecule has 23 heavy (non-hydrogen) atoms. The lowest BCUT2D eigenvalue weighted by atomic mass is 10.1. The van der Waals surface area contributed by atoms with Gasteiger partial charge < -0.3 is 20.2 Å². The number of rotatable bonds is 4. The molecule has 1 aliphatic heterocycles. The number of nitrogens with one attached hydrogen (secondary N) is 1. The summed E-state index contributed by atoms with van der Waals surface area (Å²) in [4.78, 5) is 15.4. The molecule has 0 spiro atoms. The van der Waals surface area contributed by atoms with Crippen LogP contribution in [0.2, 0.25) is 0 Å². The summed E-state index contributed by atoms with van der Waals surface area (Å²) < 4.78 is 14.3. The van der Waals surface area contributed by atoms with Gasteiger partial charge in [0.25, 0.3) is 0 Å². The summed E-state index contributed by atoms with van der Waals surface area (Å²) in [7, 11) is 1.73. The van der Waals surface area contributed by atoms with Crippen LogP contribution in [-0.4, -0.2) is 48.3 Å². The van der Waals surface area contributed by atoms with Crippen molar-refractivity contribution in [3.63, 3.8) is 0 Å². The van der Waals surface area contributed by atoms with Gasteiger partial charge in [-0.1, -0.05) is 6.07 Å². The van der Waals surface area contributed by atoms with Crippen LogP contribution in [0.3, 0.4) is 0 Å². The molecule has 1 aliphatic rings. The van der Waals surface area contributed by atoms with E-state index in [0.717, 1.165) is 5.56 Å². The first-order valence-electron chi connectivity index (χ1n) is 8.10. The first-order chi connectivity index (χ1) is 10.9. The molecule has 128 valence electrons. The zero-order valence-corrected chi connectivity index (χ0v) is 14.1. The van der Waals surface area contributed by atoms with Crippen molar-refractivity contribution in [1.82, 2.24) is 10.2 Å². The smallest absolute Gasteiger partial charge is 0.317 e. The lowest BCUT2D eigenvalue weighted by Crippen LogP contribution is -2.40. The maximum absolute atomic E-state index is 14.3. The average molecular weight is 323 g/mol. The van der Waals surface area contributed by atoms with Gasteiger partial charge in [0.15, 0.2) is 0 Å². The van der Waals surface area contributed by atoms with Crippen LogP contribution in [0.25, 0.3) is 0 Å². The third kappa shape index (κ3) is 4.58. The molecule has 1 saturated heterocycles. The number of halogens is 1. The third-order valence-electron chi connectivity index (χ3n) is 4.36. The molecule has 1 heterocycles. The zero-order chi connectivity index (χ0) is 17.0. The number of urea groups is 1. The van der Waals surface area contributed by atoms with Crippen molar-refractivity contribution >= 4 is 11.7 Å². The Morgan fingerprint density at radius 3 is 2.65 bits per heavy atom. The molecule has 6 heteroatoms. The number of aliphatic hydroxyl groups is 1. The summed E-state index contributed by atoms with van der Waals surface area (Å²) in [5, 5.41) is 12.3. The van der Waals surface area contributed by atoms with Crippen LogP contribution >= 0.6 is 0 Å². The van der Waals surface area contributed by atoms with Crippen LogP contribution in [0.1, 0.15) is 32.3 Å². The van der Waals surface area contributed by atoms with Gasteiger partial charge >= 0.3 is 6.03 Å². The van der Waals surface area contributed by atoms with Crippen molar-refractivity contribution in [2.75, 3.05) is 25.0 Å². The van der Waals surface area contributed by atoms with E-state index in [9.17, 15) is 14.3 Å². The van der Waals surface area contributed by atoms with Crippen LogP contribution in [0, 0.1) is 5.82 Å². The first-order valence-corrected chi connectivity index (χ1v) is 8.10. The maximum atomic E-state index is 14.3. The molecule has 2 amide bonds. The van der Waals surface area contributed by atoms with Crippen LogP contribution in [0.4, 0.5) is 14.9 Å². The molecule has 1 aromatic rings. The molecule has 0 atom stereocenters. The predicted octanol–water partition coefficient (Wildman–Crippen LogP) is 2.34. The average Bonchev–Trinajstić information content (AvgIpc) is 2.53. The van der Waals surface area contributed by atoms with E-state index in [1.165, 1.54) is 6.07 Å². The van der Waals surface area contributed by atoms with E-state index < -0.39 is 0 Å². The van der Waals surface area contributed by atoms with Crippen molar-refractivity contribution in [3.8, 4) is 0 Å². The number of aliphatic hydroxyl groups excluding tert-OH is 1. The highest BCUT2D eigenvalue weighted by Gasteiger charge is 2.20. The Hall–Kier alpha value is -1.82. The van der Waals surface area contributed by atoms with E-state index in [1.54, 1.807) is 18.0 Å². The van der Waals surface area contributed by atoms with Gasteiger partial charge in [-0.2, -0.15) is 0 Å². The minimum atomic E-state index is -0.287. The Morgan fingerprint density at radius 1 is 1.43 bits per heavy atom. The molecule has 2 rings (SSSR count). The van der Waals surface area contributed by atoms with Gasteiger partial charge in [0.2, 0.25) is 0 Å². The number of carbonyl (C=O) groups excluding carboxylic acids is 1. The standard InChI is InChI=1S/C17H26FN3O2/c1-12(2)20(3)17(23)19-11-13-4-5-16(15(18)10-13)21-8-6-14(22)7-9-21/h4-5,10,12,14,22H,6-9,11H2,1-3H3,(H,19,23). The van der Waals surface area contributed by atoms with Crippen molar-refractivity contribution < 1.29 is 14.3 Å². The van der Waals surface area contributed by atoms with Crippen LogP contribution < -0.4 is 10.2 Å². The van der Waals surface area contributed by atoms with Crippen molar-refractivity contribution in [1.29, 1.82) is 0 Å². The molecule has 2 N–H and O–H groups in total. The Bertz CT molecular complexity index is 543. The highest BCUT2D eigenvalue weighted by molar-refractivity contribution is 5.74. The quantitative estimate of drug-likeness (QED) is 0.894. The van der Waals surface area contributed by atoms with Gasteiger partial charge in [-0.3, -0.25) is 0 Å². The third-order valence-corrected chi connectivity index (χ3v) is 4.36. The Morgan fingerprint density at radius 2 is 2.09 bits per heavy atom. The van der Waals surface area contributed by atoms with Gasteiger partial charge in [0.1, 0.15) is 5.82 Å². The fraction of sp³-hybridized carbons (Fsp3) is 0.588. The van der Waals surface area contributed by atoms with Gasteiger partial charge in [-0.05, 0) is 44.4 Å². The minimum Gasteiger partial charge on any atom is -0.393 e. The van der Waals surface area contributed by atoms with E-state index in [-0.39, 0.29) is 24.0 Å². The summed E-state index contributed by atoms with van der Waals surface area (Å²) >= 11 is 0. The second kappa shape index (κ2) is 7.64. The molecular formula is C17H26FN3O2. The van der Waals surface area contributed by atoms with E-state index in [4.69, 9.17) is 0 Å². The summed E-state index contributed by atoms with van der Waals surface area (Å²) in [5.41, 5.74) is 1.29. The molecule has 1 fully saturated rings. The van der Waals surface area contributed by atoms with Crippen LogP contribution in [0.15, 0.2) is 18.2 Å². The molecule has 0 saturated carbocycles. The summed E-state index contributed by atoms with van der Waals surface area (Å²) in [6.45, 7) is 5.49. The molecule has 0 bridgehead atoms. The molecule has 0 aromatic heterocycles. The van der Waals surface area contributed by atoms with Gasteiger partial charge in [-0.25, -0.2) is 9.18 Å². The maximum Gasteiger partial charge on any atom is 0.317 e. The summed E-state index contributed by atoms with van der Waals surface area (Å²) in [6, 6.07) is 4.99. The first kappa shape index (κ1) is 17.5. The second-order valence-corrected chi connectivity index (χ2v) is 6.37. The van der Waals surface area contributed by atoms with Crippen molar-refractivity contribution in [2.24, 2.45) is 0 Å². The van der Waals surface area contributed by atoms with Gasteiger partial charge in [0.05, 0.1) is 11.8 Å². The fourth-order valence-electron chi connectivity index (χ4n) is 2.56. The Labute approximate surface area is 137 Å². The lowest BCUT2D eigenvalue weighted by molar-refractivity contribution is 0.145. The van der Waals surface area contributed by atoms with Gasteiger partial charge in [-0.15, -0.1) is 0 Å². The number of anilines is 1. The Balaban J connectivity index is 1.95. The molecule has 0 radical (unpaired) electrons. The topological polar surface area (TPSA) is 55.8 Å². The SMILES string of the molecule is CC(C)N(C)C(=O)NCc1ccc(N2CCC(O)CC2)c(F)c1.